The number of carbonyl (C=O) groups is 2. The molecule has 130 valence electrons. The van der Waals surface area contributed by atoms with E-state index in [1.165, 1.54) is 24.3 Å². The van der Waals surface area contributed by atoms with Crippen molar-refractivity contribution in [2.24, 2.45) is 0 Å². The molecule has 0 saturated carbocycles. The molecule has 0 radical (unpaired) electrons. The van der Waals surface area contributed by atoms with E-state index in [9.17, 15) is 9.59 Å². The fourth-order valence-corrected chi connectivity index (χ4v) is 2.43. The van der Waals surface area contributed by atoms with Crippen LogP contribution in [0.5, 0.6) is 0 Å². The Hall–Kier alpha value is -3.94. The van der Waals surface area contributed by atoms with Crippen LogP contribution in [0, 0.1) is 0 Å². The first-order chi connectivity index (χ1) is 12.4. The lowest BCUT2D eigenvalue weighted by atomic mass is 10.1. The summed E-state index contributed by atoms with van der Waals surface area (Å²) in [6.45, 7) is 0. The average Bonchev–Trinajstić information content (AvgIpc) is 2.63. The molecule has 0 bridgehead atoms. The van der Waals surface area contributed by atoms with E-state index in [1.807, 2.05) is 0 Å². The van der Waals surface area contributed by atoms with Crippen LogP contribution in [-0.2, 0) is 0 Å². The summed E-state index contributed by atoms with van der Waals surface area (Å²) in [5.74, 6) is -1.82. The summed E-state index contributed by atoms with van der Waals surface area (Å²) in [6.07, 6.45) is 0. The highest BCUT2D eigenvalue weighted by atomic mass is 16.4. The van der Waals surface area contributed by atoms with Gasteiger partial charge in [0.25, 0.3) is 0 Å². The average molecular weight is 350 g/mol. The number of benzene rings is 2. The number of hydrogen-bond donors (Lipinski definition) is 4. The maximum absolute atomic E-state index is 10.9. The highest BCUT2D eigenvalue weighted by Gasteiger charge is 2.14. The van der Waals surface area contributed by atoms with Gasteiger partial charge in [-0.2, -0.15) is 0 Å². The first kappa shape index (κ1) is 16.9. The van der Waals surface area contributed by atoms with E-state index in [0.717, 1.165) is 0 Å². The van der Waals surface area contributed by atoms with Crippen molar-refractivity contribution in [3.63, 3.8) is 0 Å². The number of nitrogens with zero attached hydrogens (tertiary/aromatic N) is 2. The first-order valence-corrected chi connectivity index (χ1v) is 7.47. The molecular formula is C18H14N4O4. The fourth-order valence-electron chi connectivity index (χ4n) is 2.43. The van der Waals surface area contributed by atoms with Crippen LogP contribution in [0.2, 0.25) is 0 Å². The van der Waals surface area contributed by atoms with Crippen molar-refractivity contribution < 1.29 is 19.8 Å². The van der Waals surface area contributed by atoms with Gasteiger partial charge in [-0.1, -0.05) is 24.3 Å². The van der Waals surface area contributed by atoms with Crippen LogP contribution in [-0.4, -0.2) is 32.1 Å². The minimum Gasteiger partial charge on any atom is -0.478 e. The maximum atomic E-state index is 10.9. The Morgan fingerprint density at radius 1 is 0.654 bits per heavy atom. The summed E-state index contributed by atoms with van der Waals surface area (Å²) in [6, 6.07) is 12.0. The van der Waals surface area contributed by atoms with Crippen molar-refractivity contribution in [1.82, 2.24) is 9.97 Å². The van der Waals surface area contributed by atoms with Gasteiger partial charge in [0.05, 0.1) is 11.1 Å². The minimum atomic E-state index is -1.03. The number of carboxylic acid groups (broad SMARTS) is 2. The number of hydrogen-bond acceptors (Lipinski definition) is 6. The number of carboxylic acids is 2. The molecule has 1 heterocycles. The predicted molar refractivity (Wildman–Crippen MR) is 95.6 cm³/mol. The van der Waals surface area contributed by atoms with Crippen LogP contribution in [0.4, 0.5) is 11.6 Å². The topological polar surface area (TPSA) is 152 Å². The molecule has 0 aliphatic carbocycles. The molecule has 3 aromatic rings. The number of aromatic carboxylic acids is 2. The van der Waals surface area contributed by atoms with E-state index < -0.39 is 11.9 Å². The van der Waals surface area contributed by atoms with Gasteiger partial charge in [-0.3, -0.25) is 0 Å². The number of aromatic nitrogens is 2. The summed E-state index contributed by atoms with van der Waals surface area (Å²) >= 11 is 0. The highest BCUT2D eigenvalue weighted by molar-refractivity contribution is 5.89. The van der Waals surface area contributed by atoms with Crippen molar-refractivity contribution in [1.29, 1.82) is 0 Å². The lowest BCUT2D eigenvalue weighted by Crippen LogP contribution is -2.05. The standard InChI is InChI=1S/C18H14N4O4/c19-15-13(9-1-5-11(6-2-9)17(23)24)21-16(20)14(22-15)10-3-7-12(8-4-10)18(25)26/h1-8H,(H2,20,21)(H2,19,22)(H,23,24)(H,25,26). The second-order valence-electron chi connectivity index (χ2n) is 5.46. The molecule has 2 aromatic carbocycles. The van der Waals surface area contributed by atoms with Crippen molar-refractivity contribution in [2.45, 2.75) is 0 Å². The van der Waals surface area contributed by atoms with Gasteiger partial charge in [-0.15, -0.1) is 0 Å². The number of nitrogen functional groups attached to an aromatic ring is 2. The van der Waals surface area contributed by atoms with Crippen molar-refractivity contribution in [2.75, 3.05) is 11.5 Å². The zero-order chi connectivity index (χ0) is 18.8. The van der Waals surface area contributed by atoms with Gasteiger partial charge >= 0.3 is 11.9 Å². The quantitative estimate of drug-likeness (QED) is 0.559. The molecule has 0 aliphatic heterocycles. The Kier molecular flexibility index (Phi) is 4.24. The normalized spacial score (nSPS) is 10.5. The lowest BCUT2D eigenvalue weighted by Gasteiger charge is -2.10. The predicted octanol–water partition coefficient (Wildman–Crippen LogP) is 2.37. The van der Waals surface area contributed by atoms with E-state index >= 15 is 0 Å². The maximum Gasteiger partial charge on any atom is 0.335 e. The Morgan fingerprint density at radius 3 is 1.23 bits per heavy atom. The Morgan fingerprint density at radius 2 is 0.962 bits per heavy atom. The molecule has 8 heteroatoms. The molecule has 8 nitrogen and oxygen atoms in total. The smallest absolute Gasteiger partial charge is 0.335 e. The largest absolute Gasteiger partial charge is 0.478 e. The molecule has 0 unspecified atom stereocenters. The van der Waals surface area contributed by atoms with E-state index in [2.05, 4.69) is 9.97 Å². The van der Waals surface area contributed by atoms with Crippen LogP contribution in [0.3, 0.4) is 0 Å². The zero-order valence-electron chi connectivity index (χ0n) is 13.4. The summed E-state index contributed by atoms with van der Waals surface area (Å²) in [7, 11) is 0. The second-order valence-corrected chi connectivity index (χ2v) is 5.46. The number of rotatable bonds is 4. The minimum absolute atomic E-state index is 0.125. The summed E-state index contributed by atoms with van der Waals surface area (Å²) in [5.41, 5.74) is 14.1. The van der Waals surface area contributed by atoms with Gasteiger partial charge in [-0.05, 0) is 24.3 Å². The summed E-state index contributed by atoms with van der Waals surface area (Å²) < 4.78 is 0. The molecule has 6 N–H and O–H groups in total. The van der Waals surface area contributed by atoms with E-state index in [0.29, 0.717) is 22.5 Å². The summed E-state index contributed by atoms with van der Waals surface area (Å²) in [5, 5.41) is 17.9. The number of anilines is 2. The van der Waals surface area contributed by atoms with Gasteiger partial charge in [0.15, 0.2) is 11.6 Å². The van der Waals surface area contributed by atoms with E-state index in [1.54, 1.807) is 24.3 Å². The molecule has 3 rings (SSSR count). The third-order valence-electron chi connectivity index (χ3n) is 3.76. The Bertz CT molecular complexity index is 916. The number of nitrogens with two attached hydrogens (primary N) is 2. The molecule has 0 fully saturated rings. The van der Waals surface area contributed by atoms with Crippen LogP contribution < -0.4 is 11.5 Å². The highest BCUT2D eigenvalue weighted by Crippen LogP contribution is 2.30. The molecule has 0 saturated heterocycles. The van der Waals surface area contributed by atoms with Crippen LogP contribution in [0.25, 0.3) is 22.5 Å². The van der Waals surface area contributed by atoms with Gasteiger partial charge in [-0.25, -0.2) is 19.6 Å². The van der Waals surface area contributed by atoms with Gasteiger partial charge < -0.3 is 21.7 Å². The van der Waals surface area contributed by atoms with Crippen LogP contribution >= 0.6 is 0 Å². The monoisotopic (exact) mass is 350 g/mol. The SMILES string of the molecule is Nc1nc(-c2ccc(C(=O)O)cc2)c(N)nc1-c1ccc(C(=O)O)cc1. The lowest BCUT2D eigenvalue weighted by molar-refractivity contribution is 0.0686. The third kappa shape index (κ3) is 3.16. The fraction of sp³-hybridized carbons (Fsp3) is 0. The van der Waals surface area contributed by atoms with Crippen molar-refractivity contribution in [3.05, 3.63) is 59.7 Å². The molecule has 0 amide bonds. The first-order valence-electron chi connectivity index (χ1n) is 7.47. The molecule has 0 aliphatic rings. The summed E-state index contributed by atoms with van der Waals surface area (Å²) in [4.78, 5) is 30.4. The second kappa shape index (κ2) is 6.52. The van der Waals surface area contributed by atoms with E-state index in [4.69, 9.17) is 21.7 Å². The van der Waals surface area contributed by atoms with Crippen molar-refractivity contribution >= 4 is 23.6 Å². The molecule has 1 aromatic heterocycles. The third-order valence-corrected chi connectivity index (χ3v) is 3.76. The molecule has 0 atom stereocenters. The molecule has 0 spiro atoms. The zero-order valence-corrected chi connectivity index (χ0v) is 13.4. The van der Waals surface area contributed by atoms with E-state index in [-0.39, 0.29) is 22.8 Å². The van der Waals surface area contributed by atoms with Crippen LogP contribution in [0.1, 0.15) is 20.7 Å². The Balaban J connectivity index is 2.00. The van der Waals surface area contributed by atoms with Gasteiger partial charge in [0.1, 0.15) is 11.4 Å². The molecular weight excluding hydrogens is 336 g/mol. The van der Waals surface area contributed by atoms with Gasteiger partial charge in [0, 0.05) is 11.1 Å². The molecule has 26 heavy (non-hydrogen) atoms. The van der Waals surface area contributed by atoms with Gasteiger partial charge in [0.2, 0.25) is 0 Å². The van der Waals surface area contributed by atoms with Crippen molar-refractivity contribution in [3.8, 4) is 22.5 Å². The Labute approximate surface area is 147 Å². The van der Waals surface area contributed by atoms with Crippen LogP contribution in [0.15, 0.2) is 48.5 Å².